The molecule has 0 saturated carbocycles. The number of carbonyl (C=O) groups is 6. The van der Waals surface area contributed by atoms with Crippen LogP contribution in [0, 0.1) is 39.9 Å². The van der Waals surface area contributed by atoms with Crippen molar-refractivity contribution in [1.82, 2.24) is 35.8 Å². The molecular weight excluding hydrogens is 800 g/mol. The van der Waals surface area contributed by atoms with Crippen molar-refractivity contribution >= 4 is 46.4 Å². The number of amides is 3. The van der Waals surface area contributed by atoms with Crippen molar-refractivity contribution in [3.8, 4) is 5.75 Å². The van der Waals surface area contributed by atoms with E-state index >= 15 is 0 Å². The molecule has 0 aromatic heterocycles. The molecule has 50 heavy (non-hydrogen) atoms. The Labute approximate surface area is 321 Å². The number of carboxylic acid groups (broad SMARTS) is 3. The van der Waals surface area contributed by atoms with Crippen molar-refractivity contribution in [3.05, 3.63) is 42.0 Å². The number of aliphatic carboxylic acids is 3. The van der Waals surface area contributed by atoms with Crippen LogP contribution in [0.2, 0.25) is 0 Å². The number of hydrogen-bond donors (Lipinski definition) is 3. The van der Waals surface area contributed by atoms with Gasteiger partial charge in [0.1, 0.15) is 5.75 Å². The second-order valence-electron chi connectivity index (χ2n) is 11.5. The van der Waals surface area contributed by atoms with Crippen LogP contribution in [0.3, 0.4) is 0 Å². The first-order chi connectivity index (χ1) is 23.4. The van der Waals surface area contributed by atoms with Crippen LogP contribution in [0.15, 0.2) is 36.4 Å². The van der Waals surface area contributed by atoms with E-state index in [-0.39, 0.29) is 97.9 Å². The van der Waals surface area contributed by atoms with E-state index in [0.717, 1.165) is 10.8 Å². The van der Waals surface area contributed by atoms with Crippen LogP contribution in [0.25, 0.3) is 10.8 Å². The molecule has 1 heterocycles. The second-order valence-corrected chi connectivity index (χ2v) is 11.5. The predicted molar refractivity (Wildman–Crippen MR) is 169 cm³/mol. The summed E-state index contributed by atoms with van der Waals surface area (Å²) in [5, 5.41) is 38.3. The summed E-state index contributed by atoms with van der Waals surface area (Å²) in [6, 6.07) is 9.96. The third kappa shape index (κ3) is 14.4. The number of hydrogen-bond acceptors (Lipinski definition) is 14. The Morgan fingerprint density at radius 3 is 1.66 bits per heavy atom. The zero-order chi connectivity index (χ0) is 35.9. The predicted octanol–water partition coefficient (Wildman–Crippen LogP) is -5.02. The molecule has 273 valence electrons. The fourth-order valence-corrected chi connectivity index (χ4v) is 5.35. The molecule has 3 N–H and O–H groups in total. The van der Waals surface area contributed by atoms with Gasteiger partial charge in [-0.3, -0.25) is 44.8 Å². The van der Waals surface area contributed by atoms with Crippen LogP contribution in [0.4, 0.5) is 0 Å². The number of nitrogens with one attached hydrogen (secondary N) is 3. The minimum absolute atomic E-state index is 0. The van der Waals surface area contributed by atoms with E-state index in [4.69, 9.17) is 4.74 Å². The first kappa shape index (κ1) is 42.7. The molecule has 18 heteroatoms. The fraction of sp³-hybridized carbons (Fsp3) is 0.500. The van der Waals surface area contributed by atoms with Gasteiger partial charge in [0, 0.05) is 72.0 Å². The SMILES string of the molecule is CCOc1cc2ccccc2cc1C(=O)NNC(=O)CNC(=O)C(C)N1CCN(CC(=O)[O-])CCN(CC(=O)[O-])CCN(CC(=O)[O-])CC1.[Gd+3]. The maximum atomic E-state index is 13.1. The van der Waals surface area contributed by atoms with Crippen molar-refractivity contribution in [2.45, 2.75) is 19.9 Å². The first-order valence-electron chi connectivity index (χ1n) is 15.9. The van der Waals surface area contributed by atoms with Crippen molar-refractivity contribution in [2.24, 2.45) is 0 Å². The molecule has 3 amide bonds. The van der Waals surface area contributed by atoms with Gasteiger partial charge in [0.05, 0.1) is 42.7 Å². The smallest absolute Gasteiger partial charge is 0.549 e. The van der Waals surface area contributed by atoms with Gasteiger partial charge in [0.15, 0.2) is 0 Å². The normalized spacial score (nSPS) is 16.1. The van der Waals surface area contributed by atoms with Gasteiger partial charge >= 0.3 is 39.9 Å². The van der Waals surface area contributed by atoms with Gasteiger partial charge in [-0.15, -0.1) is 0 Å². The van der Waals surface area contributed by atoms with Crippen molar-refractivity contribution in [2.75, 3.05) is 85.1 Å². The number of carboxylic acids is 3. The van der Waals surface area contributed by atoms with Crippen molar-refractivity contribution < 1.29 is 88.8 Å². The maximum Gasteiger partial charge on any atom is 3.00 e. The summed E-state index contributed by atoms with van der Waals surface area (Å²) >= 11 is 0. The largest absolute Gasteiger partial charge is 3.00 e. The number of benzene rings is 2. The van der Waals surface area contributed by atoms with E-state index in [2.05, 4.69) is 16.2 Å². The quantitative estimate of drug-likeness (QED) is 0.161. The summed E-state index contributed by atoms with van der Waals surface area (Å²) in [5.74, 6) is -5.51. The number of nitrogens with zero attached hydrogens (tertiary/aromatic N) is 4. The summed E-state index contributed by atoms with van der Waals surface area (Å²) in [4.78, 5) is 79.1. The molecule has 1 atom stereocenters. The monoisotopic (exact) mass is 842 g/mol. The number of rotatable bonds is 13. The van der Waals surface area contributed by atoms with Gasteiger partial charge in [-0.2, -0.15) is 0 Å². The molecule has 1 fully saturated rings. The Morgan fingerprint density at radius 1 is 0.740 bits per heavy atom. The number of fused-ring (bicyclic) bond motifs is 1. The van der Waals surface area contributed by atoms with Crippen LogP contribution in [0.5, 0.6) is 5.75 Å². The Balaban J connectivity index is 0.00000867. The van der Waals surface area contributed by atoms with Crippen LogP contribution in [-0.4, -0.2) is 146 Å². The third-order valence-electron chi connectivity index (χ3n) is 7.99. The molecule has 0 bridgehead atoms. The van der Waals surface area contributed by atoms with Crippen LogP contribution in [0.1, 0.15) is 24.2 Å². The zero-order valence-corrected chi connectivity index (χ0v) is 30.2. The van der Waals surface area contributed by atoms with Gasteiger partial charge in [-0.25, -0.2) is 0 Å². The van der Waals surface area contributed by atoms with E-state index in [9.17, 15) is 44.1 Å². The maximum absolute atomic E-state index is 13.1. The molecule has 17 nitrogen and oxygen atoms in total. The van der Waals surface area contributed by atoms with Gasteiger partial charge in [0.25, 0.3) is 11.8 Å². The number of carbonyl (C=O) groups excluding carboxylic acids is 6. The average Bonchev–Trinajstić information content (AvgIpc) is 3.04. The average molecular weight is 842 g/mol. The molecule has 1 radical (unpaired) electrons. The molecule has 2 aromatic rings. The summed E-state index contributed by atoms with van der Waals surface area (Å²) in [7, 11) is 0. The third-order valence-corrected chi connectivity index (χ3v) is 7.99. The molecule has 0 spiro atoms. The number of hydrazine groups is 1. The summed E-state index contributed by atoms with van der Waals surface area (Å²) in [5.41, 5.74) is 4.82. The molecule has 1 aliphatic heterocycles. The molecule has 1 saturated heterocycles. The van der Waals surface area contributed by atoms with Crippen LogP contribution in [-0.2, 0) is 24.0 Å². The van der Waals surface area contributed by atoms with Crippen molar-refractivity contribution in [3.63, 3.8) is 0 Å². The molecule has 2 aromatic carbocycles. The summed E-state index contributed by atoms with van der Waals surface area (Å²) in [6.07, 6.45) is 0. The van der Waals surface area contributed by atoms with Crippen LogP contribution < -0.4 is 36.2 Å². The van der Waals surface area contributed by atoms with E-state index in [1.165, 1.54) is 4.90 Å². The Bertz CT molecular complexity index is 1460. The Morgan fingerprint density at radius 2 is 1.20 bits per heavy atom. The first-order valence-corrected chi connectivity index (χ1v) is 15.9. The van der Waals surface area contributed by atoms with Gasteiger partial charge in [0.2, 0.25) is 5.91 Å². The molecular formula is C32H42GdN7O10. The van der Waals surface area contributed by atoms with Gasteiger partial charge < -0.3 is 39.8 Å². The summed E-state index contributed by atoms with van der Waals surface area (Å²) < 4.78 is 5.62. The minimum atomic E-state index is -1.33. The van der Waals surface area contributed by atoms with Crippen LogP contribution >= 0.6 is 0 Å². The minimum Gasteiger partial charge on any atom is -0.549 e. The topological polar surface area (TPSA) is 230 Å². The van der Waals surface area contributed by atoms with Gasteiger partial charge in [-0.1, -0.05) is 24.3 Å². The number of ether oxygens (including phenoxy) is 1. The van der Waals surface area contributed by atoms with E-state index < -0.39 is 67.9 Å². The summed E-state index contributed by atoms with van der Waals surface area (Å²) in [6.45, 7) is 3.26. The standard InChI is InChI=1S/C32H45N7O10.Gd/c1-3-49-26-17-24-7-5-4-6-23(24)16-25(26)32(48)35-34-27(40)18-33-31(47)22(2)39-14-12-37(20-29(43)44)10-8-36(19-28(41)42)9-11-38(13-15-39)21-30(45)46;/h4-7,16-17,22H,3,8-15,18-21H2,1-2H3,(H,33,47)(H,34,40)(H,35,48)(H,41,42)(H,43,44)(H,45,46);/q;+3/p-3. The Kier molecular flexibility index (Phi) is 18.5. The second kappa shape index (κ2) is 21.6. The van der Waals surface area contributed by atoms with Crippen molar-refractivity contribution in [1.29, 1.82) is 0 Å². The van der Waals surface area contributed by atoms with E-state index in [0.29, 0.717) is 12.4 Å². The van der Waals surface area contributed by atoms with E-state index in [1.54, 1.807) is 40.7 Å². The van der Waals surface area contributed by atoms with E-state index in [1.807, 2.05) is 24.3 Å². The molecule has 3 rings (SSSR count). The fourth-order valence-electron chi connectivity index (χ4n) is 5.35. The molecule has 0 aliphatic carbocycles. The molecule has 1 unspecified atom stereocenters. The Hall–Kier alpha value is -3.52. The van der Waals surface area contributed by atoms with Gasteiger partial charge in [-0.05, 0) is 36.8 Å². The zero-order valence-electron chi connectivity index (χ0n) is 28.0. The molecule has 1 aliphatic rings.